The highest BCUT2D eigenvalue weighted by Gasteiger charge is 2.26. The minimum absolute atomic E-state index is 0.0252. The number of hydrogen-bond donors (Lipinski definition) is 2. The predicted molar refractivity (Wildman–Crippen MR) is 60.9 cm³/mol. The van der Waals surface area contributed by atoms with Crippen molar-refractivity contribution < 1.29 is 4.79 Å². The summed E-state index contributed by atoms with van der Waals surface area (Å²) < 4.78 is 0. The van der Waals surface area contributed by atoms with E-state index in [-0.39, 0.29) is 11.8 Å². The molecule has 88 valence electrons. The first kappa shape index (κ1) is 12.5. The van der Waals surface area contributed by atoms with Gasteiger partial charge in [-0.15, -0.1) is 0 Å². The average Bonchev–Trinajstić information content (AvgIpc) is 2.23. The van der Waals surface area contributed by atoms with Gasteiger partial charge in [-0.1, -0.05) is 13.8 Å². The summed E-state index contributed by atoms with van der Waals surface area (Å²) in [5.41, 5.74) is 2.21. The Morgan fingerprint density at radius 3 is 2.87 bits per heavy atom. The molecule has 4 heteroatoms. The highest BCUT2D eigenvalue weighted by molar-refractivity contribution is 5.77. The number of amides is 1. The number of carbonyl (C=O) groups is 1. The van der Waals surface area contributed by atoms with Gasteiger partial charge in [0.05, 0.1) is 0 Å². The van der Waals surface area contributed by atoms with Crippen LogP contribution in [0.25, 0.3) is 0 Å². The summed E-state index contributed by atoms with van der Waals surface area (Å²) in [7, 11) is 0. The molecule has 0 aromatic heterocycles. The van der Waals surface area contributed by atoms with Crippen molar-refractivity contribution in [3.05, 3.63) is 0 Å². The first-order valence-electron chi connectivity index (χ1n) is 5.80. The molecule has 1 fully saturated rings. The fraction of sp³-hybridized carbons (Fsp3) is 0.909. The summed E-state index contributed by atoms with van der Waals surface area (Å²) in [5, 5.41) is 0. The zero-order valence-electron chi connectivity index (χ0n) is 9.99. The van der Waals surface area contributed by atoms with Gasteiger partial charge >= 0.3 is 0 Å². The molecule has 4 nitrogen and oxygen atoms in total. The number of nitrogens with two attached hydrogens (primary N) is 1. The first-order valence-corrected chi connectivity index (χ1v) is 5.80. The zero-order chi connectivity index (χ0) is 11.4. The van der Waals surface area contributed by atoms with Crippen molar-refractivity contribution in [2.45, 2.75) is 39.7 Å². The number of nitrogens with zero attached hydrogens (tertiary/aromatic N) is 1. The van der Waals surface area contributed by atoms with Gasteiger partial charge in [0.25, 0.3) is 0 Å². The minimum Gasteiger partial charge on any atom is -0.300 e. The van der Waals surface area contributed by atoms with Gasteiger partial charge in [0.2, 0.25) is 5.91 Å². The van der Waals surface area contributed by atoms with Gasteiger partial charge in [-0.25, -0.2) is 5.84 Å². The number of piperidine rings is 1. The molecule has 0 aromatic rings. The van der Waals surface area contributed by atoms with E-state index in [0.717, 1.165) is 19.0 Å². The Labute approximate surface area is 92.2 Å². The van der Waals surface area contributed by atoms with Crippen molar-refractivity contribution in [3.63, 3.8) is 0 Å². The number of carbonyl (C=O) groups excluding carboxylic acids is 1. The second-order valence-corrected chi connectivity index (χ2v) is 4.76. The molecule has 1 aliphatic heterocycles. The Hall–Kier alpha value is -0.610. The SMILES string of the molecule is CC(CN1CCCC(C)C1C)C(=O)NN. The molecular weight excluding hydrogens is 190 g/mol. The molecule has 1 rings (SSSR count). The Bertz CT molecular complexity index is 220. The Morgan fingerprint density at radius 2 is 2.27 bits per heavy atom. The molecule has 0 saturated carbocycles. The molecule has 3 N–H and O–H groups in total. The van der Waals surface area contributed by atoms with E-state index in [1.807, 2.05) is 6.92 Å². The lowest BCUT2D eigenvalue weighted by atomic mass is 9.91. The largest absolute Gasteiger partial charge is 0.300 e. The van der Waals surface area contributed by atoms with Crippen molar-refractivity contribution in [1.82, 2.24) is 10.3 Å². The highest BCUT2D eigenvalue weighted by atomic mass is 16.2. The molecule has 15 heavy (non-hydrogen) atoms. The van der Waals surface area contributed by atoms with Gasteiger partial charge in [0.15, 0.2) is 0 Å². The van der Waals surface area contributed by atoms with Crippen LogP contribution in [0.2, 0.25) is 0 Å². The summed E-state index contributed by atoms with van der Waals surface area (Å²) in [5.74, 6) is 5.76. The van der Waals surface area contributed by atoms with Gasteiger partial charge in [0, 0.05) is 18.5 Å². The molecule has 3 atom stereocenters. The smallest absolute Gasteiger partial charge is 0.237 e. The summed E-state index contributed by atoms with van der Waals surface area (Å²) in [6, 6.07) is 0.576. The molecule has 0 spiro atoms. The number of likely N-dealkylation sites (tertiary alicyclic amines) is 1. The van der Waals surface area contributed by atoms with E-state index >= 15 is 0 Å². The molecule has 0 aromatic carbocycles. The van der Waals surface area contributed by atoms with E-state index in [9.17, 15) is 4.79 Å². The van der Waals surface area contributed by atoms with Crippen LogP contribution in [0.1, 0.15) is 33.6 Å². The molecular formula is C11H23N3O. The Morgan fingerprint density at radius 1 is 1.60 bits per heavy atom. The third-order valence-electron chi connectivity index (χ3n) is 3.60. The van der Waals surface area contributed by atoms with Crippen LogP contribution in [0.5, 0.6) is 0 Å². The van der Waals surface area contributed by atoms with Gasteiger partial charge in [-0.3, -0.25) is 15.1 Å². The molecule has 1 amide bonds. The van der Waals surface area contributed by atoms with Crippen LogP contribution in [0, 0.1) is 11.8 Å². The standard InChI is InChI=1S/C11H23N3O/c1-8-5-4-6-14(10(8)3)7-9(2)11(15)13-12/h8-10H,4-7,12H2,1-3H3,(H,13,15). The molecule has 0 aliphatic carbocycles. The third-order valence-corrected chi connectivity index (χ3v) is 3.60. The average molecular weight is 213 g/mol. The van der Waals surface area contributed by atoms with Crippen LogP contribution in [0.15, 0.2) is 0 Å². The van der Waals surface area contributed by atoms with Gasteiger partial charge in [-0.2, -0.15) is 0 Å². The van der Waals surface area contributed by atoms with Crippen LogP contribution < -0.4 is 11.3 Å². The van der Waals surface area contributed by atoms with E-state index in [2.05, 4.69) is 24.2 Å². The molecule has 0 bridgehead atoms. The quantitative estimate of drug-likeness (QED) is 0.413. The summed E-state index contributed by atoms with van der Waals surface area (Å²) in [6.45, 7) is 8.37. The van der Waals surface area contributed by atoms with Crippen LogP contribution in [-0.2, 0) is 4.79 Å². The van der Waals surface area contributed by atoms with Crippen molar-refractivity contribution in [3.8, 4) is 0 Å². The van der Waals surface area contributed by atoms with Crippen molar-refractivity contribution in [2.75, 3.05) is 13.1 Å². The summed E-state index contributed by atoms with van der Waals surface area (Å²) in [4.78, 5) is 13.7. The van der Waals surface area contributed by atoms with E-state index in [1.54, 1.807) is 0 Å². The van der Waals surface area contributed by atoms with Crippen LogP contribution >= 0.6 is 0 Å². The normalized spacial score (nSPS) is 29.9. The lowest BCUT2D eigenvalue weighted by Crippen LogP contribution is -2.47. The molecule has 1 aliphatic rings. The second-order valence-electron chi connectivity index (χ2n) is 4.76. The number of hydrogen-bond acceptors (Lipinski definition) is 3. The molecule has 0 radical (unpaired) electrons. The topological polar surface area (TPSA) is 58.4 Å². The van der Waals surface area contributed by atoms with E-state index in [0.29, 0.717) is 6.04 Å². The fourth-order valence-electron chi connectivity index (χ4n) is 2.26. The van der Waals surface area contributed by atoms with Crippen LogP contribution in [0.3, 0.4) is 0 Å². The zero-order valence-corrected chi connectivity index (χ0v) is 9.99. The Kier molecular flexibility index (Phi) is 4.54. The van der Waals surface area contributed by atoms with Crippen LogP contribution in [0.4, 0.5) is 0 Å². The Balaban J connectivity index is 2.46. The van der Waals surface area contributed by atoms with Gasteiger partial charge in [-0.05, 0) is 32.2 Å². The number of rotatable bonds is 3. The van der Waals surface area contributed by atoms with Crippen molar-refractivity contribution in [2.24, 2.45) is 17.7 Å². The maximum atomic E-state index is 11.3. The van der Waals surface area contributed by atoms with E-state index < -0.39 is 0 Å². The predicted octanol–water partition coefficient (Wildman–Crippen LogP) is 0.733. The minimum atomic E-state index is -0.0690. The highest BCUT2D eigenvalue weighted by Crippen LogP contribution is 2.23. The van der Waals surface area contributed by atoms with Crippen molar-refractivity contribution in [1.29, 1.82) is 0 Å². The number of nitrogens with one attached hydrogen (secondary N) is 1. The lowest BCUT2D eigenvalue weighted by molar-refractivity contribution is -0.125. The van der Waals surface area contributed by atoms with Crippen LogP contribution in [-0.4, -0.2) is 29.9 Å². The maximum absolute atomic E-state index is 11.3. The second kappa shape index (κ2) is 5.47. The molecule has 1 saturated heterocycles. The van der Waals surface area contributed by atoms with E-state index in [1.165, 1.54) is 12.8 Å². The summed E-state index contributed by atoms with van der Waals surface area (Å²) >= 11 is 0. The maximum Gasteiger partial charge on any atom is 0.237 e. The lowest BCUT2D eigenvalue weighted by Gasteiger charge is -2.38. The fourth-order valence-corrected chi connectivity index (χ4v) is 2.26. The summed E-state index contributed by atoms with van der Waals surface area (Å²) in [6.07, 6.45) is 2.54. The van der Waals surface area contributed by atoms with Gasteiger partial charge in [0.1, 0.15) is 0 Å². The number of hydrazine groups is 1. The molecule has 1 heterocycles. The third kappa shape index (κ3) is 3.18. The monoisotopic (exact) mass is 213 g/mol. The molecule has 3 unspecified atom stereocenters. The first-order chi connectivity index (χ1) is 7.06. The van der Waals surface area contributed by atoms with E-state index in [4.69, 9.17) is 5.84 Å². The van der Waals surface area contributed by atoms with Gasteiger partial charge < -0.3 is 0 Å². The van der Waals surface area contributed by atoms with Crippen molar-refractivity contribution >= 4 is 5.91 Å².